The van der Waals surface area contributed by atoms with Gasteiger partial charge >= 0.3 is 5.97 Å². The lowest BCUT2D eigenvalue weighted by molar-refractivity contribution is -0.138. The number of phenolic OH excluding ortho intramolecular Hbond substituents is 1. The maximum absolute atomic E-state index is 13.2. The quantitative estimate of drug-likeness (QED) is 0.0859. The van der Waals surface area contributed by atoms with E-state index in [0.29, 0.717) is 24.9 Å². The van der Waals surface area contributed by atoms with Crippen LogP contribution in [-0.4, -0.2) is 77.6 Å². The maximum Gasteiger partial charge on any atom is 0.322 e. The number of nitrogens with two attached hydrogens (primary N) is 2. The van der Waals surface area contributed by atoms with Gasteiger partial charge in [0, 0.05) is 13.0 Å². The van der Waals surface area contributed by atoms with Crippen molar-refractivity contribution in [2.75, 3.05) is 19.6 Å². The minimum absolute atomic E-state index is 0.0601. The van der Waals surface area contributed by atoms with Crippen molar-refractivity contribution in [1.82, 2.24) is 21.3 Å². The zero-order valence-electron chi connectivity index (χ0n) is 19.3. The topological polar surface area (TPSA) is 221 Å². The maximum atomic E-state index is 13.2. The third-order valence-corrected chi connectivity index (χ3v) is 5.38. The van der Waals surface area contributed by atoms with Crippen LogP contribution >= 0.6 is 0 Å². The number of nitrogens with one attached hydrogen (secondary N) is 4. The van der Waals surface area contributed by atoms with Crippen LogP contribution in [0.25, 0.3) is 0 Å². The Morgan fingerprint density at radius 1 is 1.09 bits per heavy atom. The van der Waals surface area contributed by atoms with Crippen molar-refractivity contribution in [3.05, 3.63) is 29.8 Å². The summed E-state index contributed by atoms with van der Waals surface area (Å²) in [4.78, 5) is 53.1. The number of nitrogens with zero attached hydrogens (tertiary/aromatic N) is 1. The first-order chi connectivity index (χ1) is 16.7. The molecule has 1 aliphatic rings. The molecule has 2 rings (SSSR count). The molecule has 0 aromatic heterocycles. The van der Waals surface area contributed by atoms with Crippen molar-refractivity contribution in [2.24, 2.45) is 16.5 Å². The Kier molecular flexibility index (Phi) is 10.8. The predicted molar refractivity (Wildman–Crippen MR) is 127 cm³/mol. The first kappa shape index (κ1) is 27.4. The Morgan fingerprint density at radius 2 is 1.80 bits per heavy atom. The number of carboxylic acids is 1. The van der Waals surface area contributed by atoms with E-state index in [0.717, 1.165) is 6.42 Å². The second-order valence-corrected chi connectivity index (χ2v) is 8.20. The highest BCUT2D eigenvalue weighted by Gasteiger charge is 2.30. The molecule has 1 aromatic carbocycles. The van der Waals surface area contributed by atoms with Gasteiger partial charge in [0.25, 0.3) is 0 Å². The Bertz CT molecular complexity index is 911. The Morgan fingerprint density at radius 3 is 2.40 bits per heavy atom. The fourth-order valence-corrected chi connectivity index (χ4v) is 3.59. The van der Waals surface area contributed by atoms with E-state index in [2.05, 4.69) is 26.3 Å². The average Bonchev–Trinajstić information content (AvgIpc) is 3.35. The molecule has 1 heterocycles. The number of aliphatic carboxylic acids is 1. The van der Waals surface area contributed by atoms with Gasteiger partial charge in [-0.1, -0.05) is 12.1 Å². The highest BCUT2D eigenvalue weighted by Crippen LogP contribution is 2.13. The molecule has 3 unspecified atom stereocenters. The van der Waals surface area contributed by atoms with Gasteiger partial charge in [-0.3, -0.25) is 24.2 Å². The van der Waals surface area contributed by atoms with Gasteiger partial charge in [0.2, 0.25) is 17.7 Å². The molecule has 10 N–H and O–H groups in total. The first-order valence-electron chi connectivity index (χ1n) is 11.3. The molecule has 0 bridgehead atoms. The number of amides is 3. The van der Waals surface area contributed by atoms with Gasteiger partial charge in [-0.05, 0) is 49.9 Å². The third-order valence-electron chi connectivity index (χ3n) is 5.38. The van der Waals surface area contributed by atoms with Crippen molar-refractivity contribution in [3.63, 3.8) is 0 Å². The highest BCUT2D eigenvalue weighted by molar-refractivity contribution is 5.94. The van der Waals surface area contributed by atoms with Crippen LogP contribution in [0.5, 0.6) is 5.75 Å². The Balaban J connectivity index is 2.14. The Labute approximate surface area is 202 Å². The summed E-state index contributed by atoms with van der Waals surface area (Å²) in [5.41, 5.74) is 11.3. The largest absolute Gasteiger partial charge is 0.508 e. The number of benzene rings is 1. The van der Waals surface area contributed by atoms with E-state index in [-0.39, 0.29) is 37.0 Å². The summed E-state index contributed by atoms with van der Waals surface area (Å²) in [6, 6.07) is 3.69. The summed E-state index contributed by atoms with van der Waals surface area (Å²) in [5.74, 6) is -2.91. The number of aromatic hydroxyl groups is 1. The number of guanidine groups is 1. The van der Waals surface area contributed by atoms with Crippen LogP contribution in [0, 0.1) is 0 Å². The van der Waals surface area contributed by atoms with Crippen molar-refractivity contribution in [3.8, 4) is 5.75 Å². The molecule has 0 radical (unpaired) electrons. The number of rotatable bonds is 13. The standard InChI is InChI=1S/C22H33N7O6/c23-22(24)26-10-2-4-16(19(33)27-12-18(31)32)28-21(35)17(11-13-5-7-14(30)8-6-13)29-20(34)15-3-1-9-25-15/h5-8,15-17,25,30H,1-4,9-12H2,(H,27,33)(H,28,35)(H,29,34)(H,31,32)(H4,23,24,26). The zero-order valence-corrected chi connectivity index (χ0v) is 19.3. The van der Waals surface area contributed by atoms with Crippen LogP contribution in [0.15, 0.2) is 29.3 Å². The lowest BCUT2D eigenvalue weighted by atomic mass is 10.0. The van der Waals surface area contributed by atoms with Gasteiger partial charge in [-0.15, -0.1) is 0 Å². The molecule has 0 spiro atoms. The normalized spacial score (nSPS) is 16.5. The summed E-state index contributed by atoms with van der Waals surface area (Å²) >= 11 is 0. The monoisotopic (exact) mass is 491 g/mol. The van der Waals surface area contributed by atoms with Gasteiger partial charge in [0.05, 0.1) is 6.04 Å². The van der Waals surface area contributed by atoms with Crippen LogP contribution in [0.3, 0.4) is 0 Å². The molecule has 35 heavy (non-hydrogen) atoms. The fraction of sp³-hybridized carbons (Fsp3) is 0.500. The molecule has 192 valence electrons. The molecule has 1 aromatic rings. The highest BCUT2D eigenvalue weighted by atomic mass is 16.4. The number of carbonyl (C=O) groups is 4. The number of aliphatic imine (C=N–C) groups is 1. The van der Waals surface area contributed by atoms with Crippen molar-refractivity contribution >= 4 is 29.7 Å². The van der Waals surface area contributed by atoms with E-state index in [1.807, 2.05) is 0 Å². The molecule has 1 aliphatic heterocycles. The average molecular weight is 492 g/mol. The molecule has 0 saturated carbocycles. The summed E-state index contributed by atoms with van der Waals surface area (Å²) in [5, 5.41) is 29.1. The molecule has 3 amide bonds. The Hall–Kier alpha value is -3.87. The minimum atomic E-state index is -1.23. The van der Waals surface area contributed by atoms with E-state index >= 15 is 0 Å². The van der Waals surface area contributed by atoms with E-state index in [1.165, 1.54) is 12.1 Å². The molecule has 1 fully saturated rings. The lowest BCUT2D eigenvalue weighted by Gasteiger charge is -2.24. The number of hydrogen-bond acceptors (Lipinski definition) is 7. The molecule has 3 atom stereocenters. The summed E-state index contributed by atoms with van der Waals surface area (Å²) in [7, 11) is 0. The molecular weight excluding hydrogens is 458 g/mol. The number of carbonyl (C=O) groups excluding carboxylic acids is 3. The van der Waals surface area contributed by atoms with Crippen LogP contribution in [0.2, 0.25) is 0 Å². The van der Waals surface area contributed by atoms with Crippen LogP contribution in [-0.2, 0) is 25.6 Å². The third kappa shape index (κ3) is 9.88. The predicted octanol–water partition coefficient (Wildman–Crippen LogP) is -2.09. The number of hydrogen-bond donors (Lipinski definition) is 8. The van der Waals surface area contributed by atoms with Crippen LogP contribution in [0.1, 0.15) is 31.2 Å². The fourth-order valence-electron chi connectivity index (χ4n) is 3.59. The first-order valence-corrected chi connectivity index (χ1v) is 11.3. The van der Waals surface area contributed by atoms with Crippen molar-refractivity contribution < 1.29 is 29.4 Å². The smallest absolute Gasteiger partial charge is 0.322 e. The summed E-state index contributed by atoms with van der Waals surface area (Å²) < 4.78 is 0. The molecule has 13 nitrogen and oxygen atoms in total. The van der Waals surface area contributed by atoms with Gasteiger partial charge in [0.15, 0.2) is 5.96 Å². The summed E-state index contributed by atoms with van der Waals surface area (Å²) in [6.07, 6.45) is 2.07. The van der Waals surface area contributed by atoms with Gasteiger partial charge in [-0.25, -0.2) is 0 Å². The van der Waals surface area contributed by atoms with Gasteiger partial charge in [0.1, 0.15) is 24.4 Å². The molecule has 0 aliphatic carbocycles. The SMILES string of the molecule is NC(N)=NCCCC(NC(=O)C(Cc1ccc(O)cc1)NC(=O)C1CCCN1)C(=O)NCC(=O)O. The second-order valence-electron chi connectivity index (χ2n) is 8.20. The minimum Gasteiger partial charge on any atom is -0.508 e. The van der Waals surface area contributed by atoms with Gasteiger partial charge < -0.3 is 42.9 Å². The van der Waals surface area contributed by atoms with E-state index in [1.54, 1.807) is 12.1 Å². The van der Waals surface area contributed by atoms with Crippen LogP contribution in [0.4, 0.5) is 0 Å². The number of phenols is 1. The molecular formula is C22H33N7O6. The van der Waals surface area contributed by atoms with Crippen LogP contribution < -0.4 is 32.7 Å². The van der Waals surface area contributed by atoms with Crippen molar-refractivity contribution in [1.29, 1.82) is 0 Å². The molecule has 1 saturated heterocycles. The van der Waals surface area contributed by atoms with Crippen molar-refractivity contribution in [2.45, 2.75) is 50.2 Å². The summed E-state index contributed by atoms with van der Waals surface area (Å²) in [6.45, 7) is 0.302. The van der Waals surface area contributed by atoms with Gasteiger partial charge in [-0.2, -0.15) is 0 Å². The lowest BCUT2D eigenvalue weighted by Crippen LogP contribution is -2.56. The second kappa shape index (κ2) is 13.7. The zero-order chi connectivity index (χ0) is 25.8. The number of carboxylic acid groups (broad SMARTS) is 1. The van der Waals surface area contributed by atoms with E-state index in [4.69, 9.17) is 16.6 Å². The molecule has 13 heteroatoms. The van der Waals surface area contributed by atoms with E-state index in [9.17, 15) is 24.3 Å². The van der Waals surface area contributed by atoms with E-state index < -0.39 is 42.5 Å².